The molecule has 0 fully saturated rings. The number of aromatic amines is 1. The Morgan fingerprint density at radius 1 is 1.14 bits per heavy atom. The van der Waals surface area contributed by atoms with Crippen LogP contribution in [-0.4, -0.2) is 27.9 Å². The molecule has 0 saturated carbocycles. The number of para-hydroxylation sites is 1. The number of amides is 1. The van der Waals surface area contributed by atoms with Gasteiger partial charge in [0.25, 0.3) is 5.91 Å². The summed E-state index contributed by atoms with van der Waals surface area (Å²) in [6.45, 7) is 7.67. The van der Waals surface area contributed by atoms with Crippen LogP contribution in [0.1, 0.15) is 52.4 Å². The van der Waals surface area contributed by atoms with E-state index in [4.69, 9.17) is 5.73 Å². The summed E-state index contributed by atoms with van der Waals surface area (Å²) in [5.74, 6) is 0.144. The first-order valence-electron chi connectivity index (χ1n) is 10.1. The van der Waals surface area contributed by atoms with Gasteiger partial charge in [0.2, 0.25) is 0 Å². The van der Waals surface area contributed by atoms with Crippen molar-refractivity contribution < 1.29 is 4.79 Å². The largest absolute Gasteiger partial charge is 0.361 e. The molecule has 4 nitrogen and oxygen atoms in total. The molecule has 1 amide bonds. The molecule has 3 aromatic rings. The van der Waals surface area contributed by atoms with Crippen molar-refractivity contribution in [3.05, 3.63) is 70.4 Å². The fraction of sp³-hybridized carbons (Fsp3) is 0.375. The number of fused-ring (bicyclic) bond motifs is 2. The lowest BCUT2D eigenvalue weighted by Crippen LogP contribution is -2.40. The molecule has 3 N–H and O–H groups in total. The number of H-pyrrole nitrogens is 1. The molecule has 2 heterocycles. The molecule has 28 heavy (non-hydrogen) atoms. The number of hydrogen-bond donors (Lipinski definition) is 2. The topological polar surface area (TPSA) is 62.1 Å². The molecule has 1 aliphatic rings. The maximum atomic E-state index is 12.7. The summed E-state index contributed by atoms with van der Waals surface area (Å²) in [6, 6.07) is 12.6. The summed E-state index contributed by atoms with van der Waals surface area (Å²) in [4.78, 5) is 18.0. The highest BCUT2D eigenvalue weighted by molar-refractivity contribution is 5.98. The molecular formula is C24H29N3O. The van der Waals surface area contributed by atoms with Crippen molar-refractivity contribution in [3.63, 3.8) is 0 Å². The van der Waals surface area contributed by atoms with E-state index in [1.165, 1.54) is 27.6 Å². The van der Waals surface area contributed by atoms with Crippen molar-refractivity contribution in [1.29, 1.82) is 0 Å². The Balaban J connectivity index is 1.37. The third-order valence-electron chi connectivity index (χ3n) is 6.19. The molecule has 0 radical (unpaired) electrons. The number of aromatic nitrogens is 1. The van der Waals surface area contributed by atoms with E-state index in [-0.39, 0.29) is 11.4 Å². The average Bonchev–Trinajstić information content (AvgIpc) is 3.21. The monoisotopic (exact) mass is 375 g/mol. The molecule has 1 aliphatic heterocycles. The Hall–Kier alpha value is -2.59. The minimum absolute atomic E-state index is 0.144. The van der Waals surface area contributed by atoms with E-state index in [1.807, 2.05) is 17.0 Å². The molecule has 2 aromatic carbocycles. The van der Waals surface area contributed by atoms with Gasteiger partial charge >= 0.3 is 0 Å². The van der Waals surface area contributed by atoms with Gasteiger partial charge in [-0.25, -0.2) is 0 Å². The van der Waals surface area contributed by atoms with E-state index < -0.39 is 0 Å². The van der Waals surface area contributed by atoms with E-state index in [0.717, 1.165) is 30.4 Å². The van der Waals surface area contributed by atoms with E-state index in [1.54, 1.807) is 0 Å². The van der Waals surface area contributed by atoms with Crippen LogP contribution in [-0.2, 0) is 13.0 Å². The van der Waals surface area contributed by atoms with Crippen molar-refractivity contribution in [2.24, 2.45) is 5.73 Å². The maximum absolute atomic E-state index is 12.7. The van der Waals surface area contributed by atoms with Crippen LogP contribution in [0, 0.1) is 13.8 Å². The Morgan fingerprint density at radius 2 is 1.89 bits per heavy atom. The molecule has 4 heteroatoms. The number of nitrogens with zero attached hydrogens (tertiary/aromatic N) is 1. The van der Waals surface area contributed by atoms with Crippen molar-refractivity contribution in [1.82, 2.24) is 9.88 Å². The minimum atomic E-state index is -0.306. The molecule has 1 atom stereocenters. The molecule has 0 spiro atoms. The van der Waals surface area contributed by atoms with Gasteiger partial charge in [-0.05, 0) is 74.4 Å². The van der Waals surface area contributed by atoms with Crippen molar-refractivity contribution in [2.75, 3.05) is 6.54 Å². The summed E-state index contributed by atoms with van der Waals surface area (Å²) < 4.78 is 0. The van der Waals surface area contributed by atoms with E-state index >= 15 is 0 Å². The minimum Gasteiger partial charge on any atom is -0.361 e. The summed E-state index contributed by atoms with van der Waals surface area (Å²) in [5.41, 5.74) is 13.2. The number of carbonyl (C=O) groups is 1. The number of carbonyl (C=O) groups excluding carboxylic acids is 1. The number of nitrogens with one attached hydrogen (secondary N) is 1. The summed E-state index contributed by atoms with van der Waals surface area (Å²) in [5, 5.41) is 1.27. The highest BCUT2D eigenvalue weighted by Crippen LogP contribution is 2.28. The lowest BCUT2D eigenvalue weighted by Gasteiger charge is -2.27. The van der Waals surface area contributed by atoms with Crippen LogP contribution >= 0.6 is 0 Å². The van der Waals surface area contributed by atoms with Gasteiger partial charge in [-0.15, -0.1) is 0 Å². The quantitative estimate of drug-likeness (QED) is 0.667. The normalized spacial score (nSPS) is 15.9. The molecule has 0 saturated heterocycles. The van der Waals surface area contributed by atoms with Crippen LogP contribution in [0.3, 0.4) is 0 Å². The van der Waals surface area contributed by atoms with Crippen molar-refractivity contribution in [3.8, 4) is 0 Å². The first-order valence-corrected chi connectivity index (χ1v) is 10.1. The smallest absolute Gasteiger partial charge is 0.254 e. The molecule has 146 valence electrons. The summed E-state index contributed by atoms with van der Waals surface area (Å²) in [7, 11) is 0. The first kappa shape index (κ1) is 18.8. The molecule has 4 rings (SSSR count). The standard InChI is InChI=1S/C24H29N3O/c1-16-12-19-15-27(23(28)21(19)13-17(16)2)11-10-24(3,25)9-8-18-14-26-22-7-5-4-6-20(18)22/h4-7,12-14,26H,8-11,15,25H2,1-3H3. The van der Waals surface area contributed by atoms with Gasteiger partial charge in [0.1, 0.15) is 0 Å². The first-order chi connectivity index (χ1) is 13.3. The summed E-state index contributed by atoms with van der Waals surface area (Å²) >= 11 is 0. The Morgan fingerprint density at radius 3 is 2.71 bits per heavy atom. The number of benzene rings is 2. The highest BCUT2D eigenvalue weighted by Gasteiger charge is 2.29. The second kappa shape index (κ2) is 7.10. The molecule has 1 aromatic heterocycles. The lowest BCUT2D eigenvalue weighted by atomic mass is 9.91. The number of nitrogens with two attached hydrogens (primary N) is 1. The van der Waals surface area contributed by atoms with Crippen LogP contribution in [0.5, 0.6) is 0 Å². The lowest BCUT2D eigenvalue weighted by molar-refractivity contribution is 0.0766. The Kier molecular flexibility index (Phi) is 4.76. The van der Waals surface area contributed by atoms with Crippen LogP contribution < -0.4 is 5.73 Å². The number of aryl methyl sites for hydroxylation is 3. The predicted molar refractivity (Wildman–Crippen MR) is 114 cm³/mol. The van der Waals surface area contributed by atoms with Crippen LogP contribution in [0.25, 0.3) is 10.9 Å². The maximum Gasteiger partial charge on any atom is 0.254 e. The zero-order valence-electron chi connectivity index (χ0n) is 17.0. The molecule has 0 aliphatic carbocycles. The summed E-state index contributed by atoms with van der Waals surface area (Å²) in [6.07, 6.45) is 4.71. The Labute approximate surface area is 166 Å². The average molecular weight is 376 g/mol. The number of hydrogen-bond acceptors (Lipinski definition) is 2. The number of rotatable bonds is 6. The molecular weight excluding hydrogens is 346 g/mol. The van der Waals surface area contributed by atoms with Gasteiger partial charge < -0.3 is 15.6 Å². The SMILES string of the molecule is Cc1cc2c(cc1C)C(=O)N(CCC(C)(N)CCc1c[nH]c3ccccc13)C2. The van der Waals surface area contributed by atoms with E-state index in [9.17, 15) is 4.79 Å². The van der Waals surface area contributed by atoms with Crippen LogP contribution in [0.15, 0.2) is 42.6 Å². The van der Waals surface area contributed by atoms with Gasteiger partial charge in [-0.3, -0.25) is 4.79 Å². The van der Waals surface area contributed by atoms with Crippen LogP contribution in [0.2, 0.25) is 0 Å². The fourth-order valence-electron chi connectivity index (χ4n) is 4.11. The molecule has 1 unspecified atom stereocenters. The zero-order valence-corrected chi connectivity index (χ0v) is 17.0. The fourth-order valence-corrected chi connectivity index (χ4v) is 4.11. The van der Waals surface area contributed by atoms with Gasteiger partial charge in [0, 0.05) is 41.3 Å². The highest BCUT2D eigenvalue weighted by atomic mass is 16.2. The van der Waals surface area contributed by atoms with Crippen LogP contribution in [0.4, 0.5) is 0 Å². The molecule has 0 bridgehead atoms. The van der Waals surface area contributed by atoms with Gasteiger partial charge in [-0.2, -0.15) is 0 Å². The second-order valence-electron chi connectivity index (χ2n) is 8.58. The van der Waals surface area contributed by atoms with E-state index in [0.29, 0.717) is 13.1 Å². The third kappa shape index (κ3) is 3.57. The van der Waals surface area contributed by atoms with Crippen molar-refractivity contribution >= 4 is 16.8 Å². The zero-order chi connectivity index (χ0) is 19.9. The van der Waals surface area contributed by atoms with Gasteiger partial charge in [0.05, 0.1) is 0 Å². The van der Waals surface area contributed by atoms with Crippen molar-refractivity contribution in [2.45, 2.75) is 52.1 Å². The predicted octanol–water partition coefficient (Wildman–Crippen LogP) is 4.48. The van der Waals surface area contributed by atoms with Gasteiger partial charge in [-0.1, -0.05) is 24.3 Å². The third-order valence-corrected chi connectivity index (χ3v) is 6.19. The van der Waals surface area contributed by atoms with Gasteiger partial charge in [0.15, 0.2) is 0 Å². The van der Waals surface area contributed by atoms with E-state index in [2.05, 4.69) is 56.2 Å². The Bertz CT molecular complexity index is 1030. The second-order valence-corrected chi connectivity index (χ2v) is 8.58.